The summed E-state index contributed by atoms with van der Waals surface area (Å²) in [5.74, 6) is -0.753. The number of nitrogens with one attached hydrogen (secondary N) is 1. The van der Waals surface area contributed by atoms with Gasteiger partial charge in [-0.15, -0.1) is 0 Å². The summed E-state index contributed by atoms with van der Waals surface area (Å²) in [4.78, 5) is 21.9. The third kappa shape index (κ3) is 3.59. The zero-order valence-electron chi connectivity index (χ0n) is 8.00. The van der Waals surface area contributed by atoms with Crippen molar-refractivity contribution in [1.82, 2.24) is 5.32 Å². The van der Waals surface area contributed by atoms with E-state index in [2.05, 4.69) is 5.32 Å². The molecule has 3 N–H and O–H groups in total. The third-order valence-electron chi connectivity index (χ3n) is 1.78. The van der Waals surface area contributed by atoms with E-state index in [9.17, 15) is 9.59 Å². The van der Waals surface area contributed by atoms with E-state index in [1.165, 1.54) is 0 Å². The molecule has 1 rings (SSSR count). The largest absolute Gasteiger partial charge is 0.370 e. The Morgan fingerprint density at radius 2 is 2.00 bits per heavy atom. The molecule has 0 spiro atoms. The van der Waals surface area contributed by atoms with E-state index < -0.39 is 5.91 Å². The van der Waals surface area contributed by atoms with Crippen molar-refractivity contribution in [1.29, 1.82) is 0 Å². The molecule has 0 unspecified atom stereocenters. The predicted molar refractivity (Wildman–Crippen MR) is 57.6 cm³/mol. The Balaban J connectivity index is 2.54. The molecule has 15 heavy (non-hydrogen) atoms. The highest BCUT2D eigenvalue weighted by molar-refractivity contribution is 6.33. The minimum Gasteiger partial charge on any atom is -0.370 e. The molecule has 0 bridgehead atoms. The van der Waals surface area contributed by atoms with Crippen molar-refractivity contribution >= 4 is 23.4 Å². The van der Waals surface area contributed by atoms with Crippen LogP contribution in [0.5, 0.6) is 0 Å². The highest BCUT2D eigenvalue weighted by atomic mass is 35.5. The molecule has 5 heteroatoms. The summed E-state index contributed by atoms with van der Waals surface area (Å²) in [5.41, 5.74) is 5.32. The van der Waals surface area contributed by atoms with Crippen LogP contribution in [0.3, 0.4) is 0 Å². The van der Waals surface area contributed by atoms with Crippen LogP contribution in [0.2, 0.25) is 5.02 Å². The van der Waals surface area contributed by atoms with Crippen molar-refractivity contribution in [3.05, 3.63) is 34.9 Å². The number of amides is 2. The molecule has 0 fully saturated rings. The molecule has 0 aliphatic carbocycles. The van der Waals surface area contributed by atoms with E-state index in [0.717, 1.165) is 0 Å². The molecule has 80 valence electrons. The molecule has 4 nitrogen and oxygen atoms in total. The Labute approximate surface area is 92.4 Å². The summed E-state index contributed by atoms with van der Waals surface area (Å²) in [6, 6.07) is 6.70. The van der Waals surface area contributed by atoms with Crippen LogP contribution in [-0.2, 0) is 4.79 Å². The average molecular weight is 227 g/mol. The Kier molecular flexibility index (Phi) is 4.12. The van der Waals surface area contributed by atoms with Gasteiger partial charge in [0.1, 0.15) is 0 Å². The maximum absolute atomic E-state index is 11.5. The maximum atomic E-state index is 11.5. The first-order chi connectivity index (χ1) is 7.11. The Hall–Kier alpha value is -1.55. The molecule has 0 aliphatic rings. The number of hydrogen-bond acceptors (Lipinski definition) is 2. The fourth-order valence-electron chi connectivity index (χ4n) is 1.04. The van der Waals surface area contributed by atoms with Gasteiger partial charge in [-0.3, -0.25) is 9.59 Å². The molecule has 0 aromatic heterocycles. The molecule has 2 amide bonds. The number of nitrogens with two attached hydrogens (primary N) is 1. The van der Waals surface area contributed by atoms with Crippen LogP contribution in [0.4, 0.5) is 0 Å². The zero-order valence-corrected chi connectivity index (χ0v) is 8.75. The second-order valence-electron chi connectivity index (χ2n) is 2.95. The van der Waals surface area contributed by atoms with Crippen LogP contribution in [0, 0.1) is 0 Å². The van der Waals surface area contributed by atoms with E-state index in [4.69, 9.17) is 17.3 Å². The van der Waals surface area contributed by atoms with Crippen LogP contribution in [0.1, 0.15) is 16.8 Å². The number of benzene rings is 1. The lowest BCUT2D eigenvalue weighted by Crippen LogP contribution is -2.28. The van der Waals surface area contributed by atoms with Crippen LogP contribution in [0.15, 0.2) is 24.3 Å². The SMILES string of the molecule is NC(=O)CCNC(=O)c1ccccc1Cl. The molecule has 0 saturated carbocycles. The molecule has 0 atom stereocenters. The second kappa shape index (κ2) is 5.36. The van der Waals surface area contributed by atoms with Gasteiger partial charge in [-0.25, -0.2) is 0 Å². The lowest BCUT2D eigenvalue weighted by Gasteiger charge is -2.04. The van der Waals surface area contributed by atoms with Gasteiger partial charge in [0.2, 0.25) is 5.91 Å². The monoisotopic (exact) mass is 226 g/mol. The summed E-state index contributed by atoms with van der Waals surface area (Å²) in [6.07, 6.45) is 0.121. The fourth-order valence-corrected chi connectivity index (χ4v) is 1.26. The van der Waals surface area contributed by atoms with Crippen molar-refractivity contribution in [3.8, 4) is 0 Å². The lowest BCUT2D eigenvalue weighted by atomic mass is 10.2. The van der Waals surface area contributed by atoms with Gasteiger partial charge in [-0.2, -0.15) is 0 Å². The molecule has 1 aromatic carbocycles. The standard InChI is InChI=1S/C10H11ClN2O2/c11-8-4-2-1-3-7(8)10(15)13-6-5-9(12)14/h1-4H,5-6H2,(H2,12,14)(H,13,15). The first-order valence-electron chi connectivity index (χ1n) is 4.42. The number of carbonyl (C=O) groups excluding carboxylic acids is 2. The molecule has 0 radical (unpaired) electrons. The van der Waals surface area contributed by atoms with E-state index in [1.54, 1.807) is 24.3 Å². The summed E-state index contributed by atoms with van der Waals surface area (Å²) < 4.78 is 0. The summed E-state index contributed by atoms with van der Waals surface area (Å²) in [6.45, 7) is 0.222. The Morgan fingerprint density at radius 3 is 2.60 bits per heavy atom. The normalized spacial score (nSPS) is 9.67. The number of rotatable bonds is 4. The fraction of sp³-hybridized carbons (Fsp3) is 0.200. The van der Waals surface area contributed by atoms with E-state index in [1.807, 2.05) is 0 Å². The molecule has 0 heterocycles. The molecular formula is C10H11ClN2O2. The number of halogens is 1. The smallest absolute Gasteiger partial charge is 0.252 e. The van der Waals surface area contributed by atoms with Gasteiger partial charge >= 0.3 is 0 Å². The van der Waals surface area contributed by atoms with Gasteiger partial charge in [0.25, 0.3) is 5.91 Å². The lowest BCUT2D eigenvalue weighted by molar-refractivity contribution is -0.117. The number of carbonyl (C=O) groups is 2. The first kappa shape index (κ1) is 11.5. The molecular weight excluding hydrogens is 216 g/mol. The van der Waals surface area contributed by atoms with Crippen LogP contribution < -0.4 is 11.1 Å². The van der Waals surface area contributed by atoms with Crippen LogP contribution >= 0.6 is 11.6 Å². The van der Waals surface area contributed by atoms with Crippen molar-refractivity contribution in [2.24, 2.45) is 5.73 Å². The van der Waals surface area contributed by atoms with Crippen molar-refractivity contribution in [2.75, 3.05) is 6.54 Å². The quantitative estimate of drug-likeness (QED) is 0.802. The van der Waals surface area contributed by atoms with E-state index >= 15 is 0 Å². The van der Waals surface area contributed by atoms with E-state index in [0.29, 0.717) is 10.6 Å². The summed E-state index contributed by atoms with van der Waals surface area (Å²) in [7, 11) is 0. The second-order valence-corrected chi connectivity index (χ2v) is 3.36. The number of hydrogen-bond donors (Lipinski definition) is 2. The third-order valence-corrected chi connectivity index (χ3v) is 2.11. The molecule has 1 aromatic rings. The highest BCUT2D eigenvalue weighted by Gasteiger charge is 2.08. The maximum Gasteiger partial charge on any atom is 0.252 e. The summed E-state index contributed by atoms with van der Waals surface area (Å²) >= 11 is 5.81. The van der Waals surface area contributed by atoms with Gasteiger partial charge in [0.15, 0.2) is 0 Å². The predicted octanol–water partition coefficient (Wildman–Crippen LogP) is 0.945. The zero-order chi connectivity index (χ0) is 11.3. The van der Waals surface area contributed by atoms with Gasteiger partial charge in [-0.1, -0.05) is 23.7 Å². The van der Waals surface area contributed by atoms with E-state index in [-0.39, 0.29) is 18.9 Å². The highest BCUT2D eigenvalue weighted by Crippen LogP contribution is 2.14. The Morgan fingerprint density at radius 1 is 1.33 bits per heavy atom. The van der Waals surface area contributed by atoms with Crippen molar-refractivity contribution < 1.29 is 9.59 Å². The first-order valence-corrected chi connectivity index (χ1v) is 4.80. The van der Waals surface area contributed by atoms with Gasteiger partial charge in [0.05, 0.1) is 10.6 Å². The average Bonchev–Trinajstić information content (AvgIpc) is 2.17. The van der Waals surface area contributed by atoms with Gasteiger partial charge in [0, 0.05) is 13.0 Å². The summed E-state index contributed by atoms with van der Waals surface area (Å²) in [5, 5.41) is 2.93. The van der Waals surface area contributed by atoms with Crippen LogP contribution in [-0.4, -0.2) is 18.4 Å². The minimum atomic E-state index is -0.450. The van der Waals surface area contributed by atoms with Crippen LogP contribution in [0.25, 0.3) is 0 Å². The molecule has 0 aliphatic heterocycles. The Bertz CT molecular complexity index is 379. The number of primary amides is 1. The minimum absolute atomic E-state index is 0.121. The topological polar surface area (TPSA) is 72.2 Å². The van der Waals surface area contributed by atoms with Crippen molar-refractivity contribution in [3.63, 3.8) is 0 Å². The van der Waals surface area contributed by atoms with Crippen molar-refractivity contribution in [2.45, 2.75) is 6.42 Å². The van der Waals surface area contributed by atoms with Gasteiger partial charge in [-0.05, 0) is 12.1 Å². The molecule has 0 saturated heterocycles. The van der Waals surface area contributed by atoms with Gasteiger partial charge < -0.3 is 11.1 Å².